The Morgan fingerprint density at radius 2 is 1.10 bits per heavy atom. The number of rotatable bonds is 16. The van der Waals surface area contributed by atoms with Crippen LogP contribution in [0.25, 0.3) is 10.4 Å². The smallest absolute Gasteiger partial charge is 0.478 e. The molecule has 6 N–H and O–H groups in total. The van der Waals surface area contributed by atoms with Gasteiger partial charge in [0.2, 0.25) is 20.0 Å². The lowest BCUT2D eigenvalue weighted by atomic mass is 9.78. The fraction of sp³-hybridized carbons (Fsp3) is 0.560. The second-order valence-corrected chi connectivity index (χ2v) is 27.2. The first kappa shape index (κ1) is 61.0. The SMILES string of the molecule is CCNS(=O)(=O)c1cc(C(=O)O)ccc1-c1cnc(C2CCC(NC(=O)OC3COC3)CC2)s1.CCNS(=O)(=O)c1cc(C(=O)O)ccc1B1OC(C)(C)C(C)(C)O1.O=C(NC1CCC(c2ncc(Br)s2)CC1)OC1COC1. The van der Waals surface area contributed by atoms with Crippen LogP contribution in [0, 0.1) is 0 Å². The van der Waals surface area contributed by atoms with Gasteiger partial charge in [0.1, 0.15) is 0 Å². The summed E-state index contributed by atoms with van der Waals surface area (Å²) >= 11 is 6.57. The molecule has 2 aromatic heterocycles. The molecule has 3 aliphatic heterocycles. The number of carbonyl (C=O) groups is 4. The van der Waals surface area contributed by atoms with Gasteiger partial charge in [0.15, 0.2) is 12.2 Å². The summed E-state index contributed by atoms with van der Waals surface area (Å²) in [4.78, 5) is 55.6. The fourth-order valence-electron chi connectivity index (χ4n) is 8.98. The first-order valence-electron chi connectivity index (χ1n) is 25.6. The van der Waals surface area contributed by atoms with E-state index in [0.29, 0.717) is 42.8 Å². The largest absolute Gasteiger partial charge is 0.496 e. The van der Waals surface area contributed by atoms with Crippen LogP contribution in [0.2, 0.25) is 0 Å². The Morgan fingerprint density at radius 3 is 1.53 bits per heavy atom. The van der Waals surface area contributed by atoms with Gasteiger partial charge in [-0.3, -0.25) is 0 Å². The number of nitrogens with zero attached hydrogens (tertiary/aromatic N) is 2. The lowest BCUT2D eigenvalue weighted by Gasteiger charge is -2.32. The van der Waals surface area contributed by atoms with Crippen molar-refractivity contribution in [3.05, 3.63) is 73.7 Å². The summed E-state index contributed by atoms with van der Waals surface area (Å²) in [7, 11) is -8.66. The Morgan fingerprint density at radius 1 is 0.667 bits per heavy atom. The maximum atomic E-state index is 12.8. The molecule has 5 aliphatic rings. The van der Waals surface area contributed by atoms with Gasteiger partial charge in [-0.25, -0.2) is 55.4 Å². The molecule has 2 saturated carbocycles. The van der Waals surface area contributed by atoms with E-state index in [9.17, 15) is 41.1 Å². The quantitative estimate of drug-likeness (QED) is 0.0615. The Kier molecular flexibility index (Phi) is 20.6. The first-order chi connectivity index (χ1) is 36.9. The van der Waals surface area contributed by atoms with Crippen molar-refractivity contribution < 1.29 is 74.5 Å². The van der Waals surface area contributed by atoms with Crippen LogP contribution in [0.15, 0.2) is 62.4 Å². The van der Waals surface area contributed by atoms with E-state index in [1.807, 2.05) is 33.9 Å². The molecule has 4 aromatic rings. The van der Waals surface area contributed by atoms with E-state index in [4.69, 9.17) is 33.4 Å². The molecule has 22 nitrogen and oxygen atoms in total. The van der Waals surface area contributed by atoms with Crippen molar-refractivity contribution in [2.45, 2.75) is 150 Å². The fourth-order valence-corrected chi connectivity index (χ4v) is 14.2. The highest BCUT2D eigenvalue weighted by molar-refractivity contribution is 9.11. The monoisotopic (exact) mass is 1220 g/mol. The number of hydrogen-bond donors (Lipinski definition) is 6. The normalized spacial score (nSPS) is 22.0. The van der Waals surface area contributed by atoms with E-state index in [1.54, 1.807) is 31.4 Å². The summed E-state index contributed by atoms with van der Waals surface area (Å²) in [6, 6.07) is 8.26. The number of ether oxygens (including phenoxy) is 4. The number of carboxylic acids is 2. The summed E-state index contributed by atoms with van der Waals surface area (Å²) < 4.78 is 88.6. The highest BCUT2D eigenvalue weighted by Gasteiger charge is 2.53. The molecular formula is C50H66BBrN6O16S4. The van der Waals surface area contributed by atoms with Crippen molar-refractivity contribution in [1.82, 2.24) is 30.0 Å². The van der Waals surface area contributed by atoms with Crippen molar-refractivity contribution in [2.24, 2.45) is 0 Å². The standard InChI is InChI=1S/C22H27N3O7S2.C15H22BNO6S.C13H17BrN2O3S/c1-2-24-34(29,30)19-9-14(21(26)27)5-8-17(19)18-10-23-20(33-18)13-3-6-15(7-4-13)25-22(28)32-16-11-31-12-16;1-6-17-24(20,21)12-9-10(13(18)19)7-8-11(12)16-22-14(2,3)15(4,5)23-16;14-11-5-15-12(20-11)8-1-3-9(4-2-8)16-13(17)19-10-6-18-7-10/h5,8-10,13,15-16,24H,2-4,6-7,11-12H2,1H3,(H,25,28)(H,26,27);7-9,17H,6H2,1-5H3,(H,18,19);5,8-10H,1-4,6-7H2,(H,16,17). The second-order valence-electron chi connectivity index (χ2n) is 20.2. The van der Waals surface area contributed by atoms with Gasteiger partial charge in [-0.2, -0.15) is 0 Å². The van der Waals surface area contributed by atoms with Gasteiger partial charge in [0.25, 0.3) is 0 Å². The number of thiazole rings is 2. The van der Waals surface area contributed by atoms with Gasteiger partial charge in [-0.15, -0.1) is 22.7 Å². The topological polar surface area (TPSA) is 306 Å². The number of nitrogens with one attached hydrogen (secondary N) is 4. The van der Waals surface area contributed by atoms with Gasteiger partial charge < -0.3 is 49.1 Å². The van der Waals surface area contributed by atoms with Crippen LogP contribution in [-0.2, 0) is 48.3 Å². The number of halogens is 1. The summed E-state index contributed by atoms with van der Waals surface area (Å²) in [6.45, 7) is 13.1. The van der Waals surface area contributed by atoms with Crippen LogP contribution >= 0.6 is 38.6 Å². The van der Waals surface area contributed by atoms with E-state index in [1.165, 1.54) is 46.7 Å². The van der Waals surface area contributed by atoms with E-state index in [0.717, 1.165) is 66.2 Å². The second kappa shape index (κ2) is 26.3. The third kappa shape index (κ3) is 15.6. The minimum absolute atomic E-state index is 0.0459. The van der Waals surface area contributed by atoms with Crippen molar-refractivity contribution in [2.75, 3.05) is 39.5 Å². The minimum atomic E-state index is -3.88. The summed E-state index contributed by atoms with van der Waals surface area (Å²) in [5, 5.41) is 26.4. The zero-order valence-electron chi connectivity index (χ0n) is 44.1. The number of aromatic carboxylic acids is 2. The third-order valence-electron chi connectivity index (χ3n) is 14.1. The molecule has 2 aromatic carbocycles. The Hall–Kier alpha value is -4.62. The number of amides is 2. The van der Waals surface area contributed by atoms with Gasteiger partial charge >= 0.3 is 31.2 Å². The van der Waals surface area contributed by atoms with Gasteiger partial charge in [-0.05, 0) is 119 Å². The van der Waals surface area contributed by atoms with Crippen molar-refractivity contribution in [3.8, 4) is 10.4 Å². The van der Waals surface area contributed by atoms with Crippen LogP contribution < -0.4 is 25.5 Å². The van der Waals surface area contributed by atoms with Crippen LogP contribution in [0.3, 0.4) is 0 Å². The summed E-state index contributed by atoms with van der Waals surface area (Å²) in [5.74, 6) is -1.66. The lowest BCUT2D eigenvalue weighted by Crippen LogP contribution is -2.44. The number of aromatic nitrogens is 2. The molecule has 0 bridgehead atoms. The van der Waals surface area contributed by atoms with Crippen LogP contribution in [0.5, 0.6) is 0 Å². The Labute approximate surface area is 470 Å². The summed E-state index contributed by atoms with van der Waals surface area (Å²) in [6.07, 6.45) is 9.94. The molecule has 426 valence electrons. The van der Waals surface area contributed by atoms with E-state index in [-0.39, 0.29) is 75.8 Å². The number of hydrogen-bond acceptors (Lipinski definition) is 18. The molecular weight excluding hydrogens is 1160 g/mol. The minimum Gasteiger partial charge on any atom is -0.478 e. The lowest BCUT2D eigenvalue weighted by molar-refractivity contribution is -0.0985. The number of benzene rings is 2. The zero-order valence-corrected chi connectivity index (χ0v) is 48.9. The third-order valence-corrected chi connectivity index (χ3v) is 20.1. The van der Waals surface area contributed by atoms with Crippen LogP contribution in [-0.4, -0.2) is 143 Å². The molecule has 0 atom stereocenters. The molecule has 0 spiro atoms. The molecule has 3 saturated heterocycles. The average molecular weight is 1230 g/mol. The first-order valence-corrected chi connectivity index (χ1v) is 31.0. The predicted octanol–water partition coefficient (Wildman–Crippen LogP) is 7.00. The highest BCUT2D eigenvalue weighted by atomic mass is 79.9. The molecule has 5 fully saturated rings. The molecule has 28 heteroatoms. The number of sulfonamides is 2. The van der Waals surface area contributed by atoms with Crippen molar-refractivity contribution in [3.63, 3.8) is 0 Å². The van der Waals surface area contributed by atoms with E-state index in [2.05, 4.69) is 46.0 Å². The van der Waals surface area contributed by atoms with E-state index >= 15 is 0 Å². The van der Waals surface area contributed by atoms with Crippen LogP contribution in [0.4, 0.5) is 9.59 Å². The van der Waals surface area contributed by atoms with Crippen molar-refractivity contribution in [1.29, 1.82) is 0 Å². The zero-order chi connectivity index (χ0) is 56.6. The molecule has 0 unspecified atom stereocenters. The average Bonchev–Trinajstić information content (AvgIpc) is 4.15. The van der Waals surface area contributed by atoms with Gasteiger partial charge in [0.05, 0.1) is 83.4 Å². The molecule has 9 rings (SSSR count). The van der Waals surface area contributed by atoms with Crippen molar-refractivity contribution >= 4 is 95.4 Å². The highest BCUT2D eigenvalue weighted by Crippen LogP contribution is 2.41. The number of carbonyl (C=O) groups excluding carboxylic acids is 2. The maximum absolute atomic E-state index is 12.8. The number of carboxylic acid groups (broad SMARTS) is 2. The molecule has 2 amide bonds. The number of alkyl carbamates (subject to hydrolysis) is 2. The van der Waals surface area contributed by atoms with Gasteiger partial charge in [-0.1, -0.05) is 26.0 Å². The molecule has 5 heterocycles. The van der Waals surface area contributed by atoms with Gasteiger partial charge in [0, 0.05) is 54.2 Å². The molecule has 0 radical (unpaired) electrons. The predicted molar refractivity (Wildman–Crippen MR) is 294 cm³/mol. The van der Waals surface area contributed by atoms with E-state index < -0.39 is 56.4 Å². The Balaban J connectivity index is 0.000000177. The maximum Gasteiger partial charge on any atom is 0.496 e. The Bertz CT molecular complexity index is 2980. The van der Waals surface area contributed by atoms with Crippen LogP contribution in [0.1, 0.15) is 135 Å². The summed E-state index contributed by atoms with van der Waals surface area (Å²) in [5.41, 5.74) is -0.789. The molecule has 2 aliphatic carbocycles. The molecule has 78 heavy (non-hydrogen) atoms.